The van der Waals surface area contributed by atoms with Gasteiger partial charge in [0, 0.05) is 32.5 Å². The molecule has 0 radical (unpaired) electrons. The van der Waals surface area contributed by atoms with Crippen LogP contribution < -0.4 is 0 Å². The van der Waals surface area contributed by atoms with Gasteiger partial charge in [0.15, 0.2) is 0 Å². The summed E-state index contributed by atoms with van der Waals surface area (Å²) in [6.45, 7) is 8.43. The Morgan fingerprint density at radius 2 is 0.840 bits per heavy atom. The molecule has 0 bridgehead atoms. The molecule has 0 spiro atoms. The van der Waals surface area contributed by atoms with Crippen molar-refractivity contribution in [2.24, 2.45) is 0 Å². The van der Waals surface area contributed by atoms with Gasteiger partial charge in [-0.2, -0.15) is 0 Å². The quantitative estimate of drug-likeness (QED) is 0.218. The Labute approximate surface area is 158 Å². The average Bonchev–Trinajstić information content (AvgIpc) is 2.60. The fourth-order valence-corrected chi connectivity index (χ4v) is 5.91. The molecule has 0 aliphatic carbocycles. The lowest BCUT2D eigenvalue weighted by molar-refractivity contribution is 0.0706. The Bertz CT molecular complexity index is 247. The molecule has 0 saturated heterocycles. The second kappa shape index (κ2) is 18.8. The van der Waals surface area contributed by atoms with E-state index in [4.69, 9.17) is 18.4 Å². The minimum Gasteiger partial charge on any atom is -0.396 e. The molecule has 0 aliphatic rings. The average molecular weight is 377 g/mol. The van der Waals surface area contributed by atoms with E-state index in [-0.39, 0.29) is 0 Å². The van der Waals surface area contributed by atoms with Gasteiger partial charge >= 0.3 is 8.80 Å². The van der Waals surface area contributed by atoms with Gasteiger partial charge in [0.05, 0.1) is 0 Å². The third-order valence-electron chi connectivity index (χ3n) is 4.48. The molecule has 0 atom stereocenters. The molecule has 0 aromatic rings. The van der Waals surface area contributed by atoms with E-state index in [0.29, 0.717) is 26.4 Å². The van der Waals surface area contributed by atoms with E-state index in [0.717, 1.165) is 18.9 Å². The molecule has 0 unspecified atom stereocenters. The number of aliphatic hydroxyl groups excluding tert-OH is 1. The largest absolute Gasteiger partial charge is 0.500 e. The Hall–Kier alpha value is 0.0569. The molecule has 0 rings (SSSR count). The molecule has 0 amide bonds. The van der Waals surface area contributed by atoms with Gasteiger partial charge in [0.2, 0.25) is 0 Å². The van der Waals surface area contributed by atoms with Crippen LogP contribution >= 0.6 is 0 Å². The van der Waals surface area contributed by atoms with Crippen molar-refractivity contribution in [3.05, 3.63) is 0 Å². The van der Waals surface area contributed by atoms with E-state index in [1.54, 1.807) is 0 Å². The third-order valence-corrected chi connectivity index (χ3v) is 7.64. The van der Waals surface area contributed by atoms with Gasteiger partial charge in [-0.05, 0) is 33.6 Å². The highest BCUT2D eigenvalue weighted by Gasteiger charge is 2.39. The first kappa shape index (κ1) is 25.1. The van der Waals surface area contributed by atoms with Crippen molar-refractivity contribution in [3.8, 4) is 0 Å². The molecule has 0 saturated carbocycles. The standard InChI is InChI=1S/C20H44O4Si/c1-4-22-25(23-5-2,24-6-3)20-18-16-14-12-10-8-7-9-11-13-15-17-19-21/h21H,4-20H2,1-3H3. The number of aliphatic hydroxyl groups is 1. The van der Waals surface area contributed by atoms with Crippen LogP contribution in [0.2, 0.25) is 6.04 Å². The number of hydrogen-bond donors (Lipinski definition) is 1. The van der Waals surface area contributed by atoms with Gasteiger partial charge in [-0.1, -0.05) is 64.2 Å². The number of unbranched alkanes of at least 4 members (excludes halogenated alkanes) is 11. The number of hydrogen-bond acceptors (Lipinski definition) is 4. The SMILES string of the molecule is CCO[Si](CCCCCCCCCCCCCCO)(OCC)OCC. The summed E-state index contributed by atoms with van der Waals surface area (Å²) in [5, 5.41) is 8.73. The Balaban J connectivity index is 3.56. The minimum absolute atomic E-state index is 0.351. The predicted octanol–water partition coefficient (Wildman–Crippen LogP) is 5.71. The van der Waals surface area contributed by atoms with E-state index in [9.17, 15) is 0 Å². The Morgan fingerprint density at radius 1 is 0.520 bits per heavy atom. The van der Waals surface area contributed by atoms with Crippen LogP contribution in [0.15, 0.2) is 0 Å². The molecule has 0 aromatic carbocycles. The topological polar surface area (TPSA) is 47.9 Å². The van der Waals surface area contributed by atoms with Crippen molar-refractivity contribution >= 4 is 8.80 Å². The molecule has 1 N–H and O–H groups in total. The van der Waals surface area contributed by atoms with Crippen LogP contribution in [0, 0.1) is 0 Å². The summed E-state index contributed by atoms with van der Waals surface area (Å²) in [6.07, 6.45) is 15.3. The molecule has 25 heavy (non-hydrogen) atoms. The summed E-state index contributed by atoms with van der Waals surface area (Å²) in [4.78, 5) is 0. The van der Waals surface area contributed by atoms with Crippen LogP contribution in [-0.4, -0.2) is 40.3 Å². The van der Waals surface area contributed by atoms with E-state index < -0.39 is 8.80 Å². The zero-order chi connectivity index (χ0) is 18.6. The van der Waals surface area contributed by atoms with Crippen molar-refractivity contribution in [1.29, 1.82) is 0 Å². The maximum atomic E-state index is 8.73. The first-order chi connectivity index (χ1) is 12.2. The van der Waals surface area contributed by atoms with E-state index >= 15 is 0 Å². The molecule has 5 heteroatoms. The fraction of sp³-hybridized carbons (Fsp3) is 1.00. The van der Waals surface area contributed by atoms with Crippen LogP contribution in [0.25, 0.3) is 0 Å². The van der Waals surface area contributed by atoms with E-state index in [1.165, 1.54) is 64.2 Å². The molecule has 0 aromatic heterocycles. The summed E-state index contributed by atoms with van der Waals surface area (Å²) in [5.41, 5.74) is 0. The maximum absolute atomic E-state index is 8.73. The van der Waals surface area contributed by atoms with Crippen molar-refractivity contribution in [3.63, 3.8) is 0 Å². The zero-order valence-electron chi connectivity index (χ0n) is 17.2. The van der Waals surface area contributed by atoms with Crippen LogP contribution in [0.3, 0.4) is 0 Å². The molecule has 152 valence electrons. The van der Waals surface area contributed by atoms with Gasteiger partial charge in [-0.25, -0.2) is 0 Å². The first-order valence-corrected chi connectivity index (χ1v) is 12.7. The fourth-order valence-electron chi connectivity index (χ4n) is 3.22. The molecular weight excluding hydrogens is 332 g/mol. The maximum Gasteiger partial charge on any atom is 0.500 e. The van der Waals surface area contributed by atoms with Crippen molar-refractivity contribution in [1.82, 2.24) is 0 Å². The molecule has 0 aliphatic heterocycles. The highest BCUT2D eigenvalue weighted by molar-refractivity contribution is 6.60. The normalized spacial score (nSPS) is 12.0. The Morgan fingerprint density at radius 3 is 1.16 bits per heavy atom. The predicted molar refractivity (Wildman–Crippen MR) is 108 cm³/mol. The highest BCUT2D eigenvalue weighted by atomic mass is 28.4. The Kier molecular flexibility index (Phi) is 18.9. The van der Waals surface area contributed by atoms with Gasteiger partial charge in [0.1, 0.15) is 0 Å². The zero-order valence-corrected chi connectivity index (χ0v) is 18.2. The van der Waals surface area contributed by atoms with Gasteiger partial charge < -0.3 is 18.4 Å². The monoisotopic (exact) mass is 376 g/mol. The van der Waals surface area contributed by atoms with Gasteiger partial charge in [0.25, 0.3) is 0 Å². The second-order valence-corrected chi connectivity index (χ2v) is 9.43. The summed E-state index contributed by atoms with van der Waals surface area (Å²) in [7, 11) is -2.41. The molecule has 0 heterocycles. The van der Waals surface area contributed by atoms with E-state index in [2.05, 4.69) is 0 Å². The highest BCUT2D eigenvalue weighted by Crippen LogP contribution is 2.21. The summed E-state index contributed by atoms with van der Waals surface area (Å²) in [5.74, 6) is 0. The van der Waals surface area contributed by atoms with Gasteiger partial charge in [-0.15, -0.1) is 0 Å². The van der Waals surface area contributed by atoms with Crippen molar-refractivity contribution in [2.45, 2.75) is 104 Å². The summed E-state index contributed by atoms with van der Waals surface area (Å²) < 4.78 is 17.7. The van der Waals surface area contributed by atoms with Crippen LogP contribution in [0.1, 0.15) is 97.8 Å². The molecule has 0 fully saturated rings. The molecular formula is C20H44O4Si. The summed E-state index contributed by atoms with van der Waals surface area (Å²) in [6, 6.07) is 0.955. The second-order valence-electron chi connectivity index (χ2n) is 6.70. The number of rotatable bonds is 20. The van der Waals surface area contributed by atoms with Gasteiger partial charge in [-0.3, -0.25) is 0 Å². The van der Waals surface area contributed by atoms with Crippen molar-refractivity contribution < 1.29 is 18.4 Å². The van der Waals surface area contributed by atoms with E-state index in [1.807, 2.05) is 20.8 Å². The van der Waals surface area contributed by atoms with Crippen molar-refractivity contribution in [2.75, 3.05) is 26.4 Å². The lowest BCUT2D eigenvalue weighted by Crippen LogP contribution is -2.45. The van der Waals surface area contributed by atoms with Crippen LogP contribution in [0.4, 0.5) is 0 Å². The summed E-state index contributed by atoms with van der Waals surface area (Å²) >= 11 is 0. The molecule has 4 nitrogen and oxygen atoms in total. The lowest BCUT2D eigenvalue weighted by Gasteiger charge is -2.28. The third kappa shape index (κ3) is 14.9. The smallest absolute Gasteiger partial charge is 0.396 e. The van der Waals surface area contributed by atoms with Crippen LogP contribution in [0.5, 0.6) is 0 Å². The minimum atomic E-state index is -2.41. The lowest BCUT2D eigenvalue weighted by atomic mass is 10.1. The van der Waals surface area contributed by atoms with Crippen LogP contribution in [-0.2, 0) is 13.3 Å². The first-order valence-electron chi connectivity index (χ1n) is 10.8.